The Morgan fingerprint density at radius 2 is 2.07 bits per heavy atom. The predicted molar refractivity (Wildman–Crippen MR) is 54.7 cm³/mol. The van der Waals surface area contributed by atoms with E-state index < -0.39 is 17.4 Å². The molecule has 0 saturated heterocycles. The smallest absolute Gasteiger partial charge is 0.324 e. The molecule has 0 rings (SSSR count). The first kappa shape index (κ1) is 11.3. The predicted octanol–water partition coefficient (Wildman–Crippen LogP) is 0.918. The van der Waals surface area contributed by atoms with Crippen molar-refractivity contribution in [2.45, 2.75) is 12.8 Å². The number of methoxy groups -OCH3 is 2. The standard InChI is InChI=1S/C11H14O4/c1-5-7-11(8-6-2,9(12)14-3)10(13)15-4/h1,6H,2,7-8H2,3-4H3/i1D. The first-order valence-corrected chi connectivity index (χ1v) is 4.26. The Balaban J connectivity index is 5.32. The zero-order valence-electron chi connectivity index (χ0n) is 9.83. The summed E-state index contributed by atoms with van der Waals surface area (Å²) in [7, 11) is 2.36. The molecule has 0 fully saturated rings. The summed E-state index contributed by atoms with van der Waals surface area (Å²) >= 11 is 0. The highest BCUT2D eigenvalue weighted by atomic mass is 16.5. The molecule has 0 aliphatic heterocycles. The van der Waals surface area contributed by atoms with Crippen molar-refractivity contribution < 1.29 is 20.4 Å². The van der Waals surface area contributed by atoms with E-state index in [9.17, 15) is 9.59 Å². The van der Waals surface area contributed by atoms with Crippen LogP contribution in [0.1, 0.15) is 14.2 Å². The van der Waals surface area contributed by atoms with Crippen molar-refractivity contribution in [1.82, 2.24) is 0 Å². The quantitative estimate of drug-likeness (QED) is 0.293. The van der Waals surface area contributed by atoms with Crippen LogP contribution in [0.5, 0.6) is 0 Å². The SMILES string of the molecule is [2H]C#CCC(CC=C)(C(=O)OC)C(=O)OC. The monoisotopic (exact) mass is 211 g/mol. The molecule has 0 aliphatic rings. The lowest BCUT2D eigenvalue weighted by Gasteiger charge is -2.24. The van der Waals surface area contributed by atoms with Crippen molar-refractivity contribution in [3.63, 3.8) is 0 Å². The lowest BCUT2D eigenvalue weighted by Crippen LogP contribution is -2.40. The Kier molecular flexibility index (Phi) is 4.42. The number of allylic oxidation sites excluding steroid dienone is 1. The Morgan fingerprint density at radius 1 is 1.53 bits per heavy atom. The van der Waals surface area contributed by atoms with Gasteiger partial charge in [0.1, 0.15) is 1.37 Å². The molecule has 0 aromatic heterocycles. The maximum Gasteiger partial charge on any atom is 0.324 e. The summed E-state index contributed by atoms with van der Waals surface area (Å²) in [6.45, 7) is 3.48. The molecule has 0 atom stereocenters. The van der Waals surface area contributed by atoms with Crippen LogP contribution in [0.25, 0.3) is 0 Å². The van der Waals surface area contributed by atoms with Crippen LogP contribution < -0.4 is 0 Å². The van der Waals surface area contributed by atoms with E-state index in [2.05, 4.69) is 22.0 Å². The van der Waals surface area contributed by atoms with Crippen LogP contribution in [-0.4, -0.2) is 26.2 Å². The van der Waals surface area contributed by atoms with E-state index in [-0.39, 0.29) is 12.8 Å². The van der Waals surface area contributed by atoms with Gasteiger partial charge in [-0.3, -0.25) is 9.59 Å². The summed E-state index contributed by atoms with van der Waals surface area (Å²) < 4.78 is 15.9. The highest BCUT2D eigenvalue weighted by Crippen LogP contribution is 2.30. The lowest BCUT2D eigenvalue weighted by atomic mass is 9.81. The zero-order valence-corrected chi connectivity index (χ0v) is 8.83. The van der Waals surface area contributed by atoms with Gasteiger partial charge in [-0.1, -0.05) is 6.08 Å². The number of terminal acetylenes is 1. The average molecular weight is 211 g/mol. The molecule has 0 N–H and O–H groups in total. The fourth-order valence-electron chi connectivity index (χ4n) is 1.25. The van der Waals surface area contributed by atoms with Gasteiger partial charge in [-0.25, -0.2) is 0 Å². The molecule has 4 heteroatoms. The Labute approximate surface area is 90.7 Å². The van der Waals surface area contributed by atoms with Gasteiger partial charge in [0.25, 0.3) is 0 Å². The Bertz CT molecular complexity index is 322. The van der Waals surface area contributed by atoms with Gasteiger partial charge >= 0.3 is 11.9 Å². The number of carbonyl (C=O) groups is 2. The van der Waals surface area contributed by atoms with Crippen LogP contribution in [0.15, 0.2) is 12.7 Å². The third kappa shape index (κ3) is 2.59. The molecule has 0 spiro atoms. The summed E-state index contributed by atoms with van der Waals surface area (Å²) in [4.78, 5) is 23.3. The maximum absolute atomic E-state index is 11.6. The Hall–Kier alpha value is -1.76. The molecule has 82 valence electrons. The van der Waals surface area contributed by atoms with Crippen molar-refractivity contribution in [2.75, 3.05) is 14.2 Å². The second-order valence-corrected chi connectivity index (χ2v) is 2.91. The minimum absolute atomic E-state index is 0.0566. The fourth-order valence-corrected chi connectivity index (χ4v) is 1.25. The second kappa shape index (κ2) is 5.86. The lowest BCUT2D eigenvalue weighted by molar-refractivity contribution is -0.168. The van der Waals surface area contributed by atoms with Crippen molar-refractivity contribution in [3.8, 4) is 12.3 Å². The molecule has 0 bridgehead atoms. The summed E-state index contributed by atoms with van der Waals surface area (Å²) in [6.07, 6.45) is 3.24. The van der Waals surface area contributed by atoms with Gasteiger partial charge in [0, 0.05) is 6.42 Å². The minimum atomic E-state index is -1.51. The molecule has 0 unspecified atom stereocenters. The fraction of sp³-hybridized carbons (Fsp3) is 0.455. The van der Waals surface area contributed by atoms with E-state index in [1.807, 2.05) is 6.40 Å². The first-order chi connectivity index (χ1) is 7.58. The Morgan fingerprint density at radius 3 is 2.40 bits per heavy atom. The minimum Gasteiger partial charge on any atom is -0.468 e. The van der Waals surface area contributed by atoms with Crippen LogP contribution in [0.2, 0.25) is 0 Å². The molecule has 0 aliphatic carbocycles. The summed E-state index contributed by atoms with van der Waals surface area (Å²) in [5.41, 5.74) is -1.51. The molecule has 0 amide bonds. The number of hydrogen-bond acceptors (Lipinski definition) is 4. The molecule has 4 nitrogen and oxygen atoms in total. The average Bonchev–Trinajstić information content (AvgIpc) is 2.32. The molecule has 0 saturated carbocycles. The van der Waals surface area contributed by atoms with Crippen LogP contribution in [0.4, 0.5) is 0 Å². The van der Waals surface area contributed by atoms with Crippen molar-refractivity contribution >= 4 is 11.9 Å². The van der Waals surface area contributed by atoms with Gasteiger partial charge in [0.15, 0.2) is 5.41 Å². The van der Waals surface area contributed by atoms with Gasteiger partial charge in [0.2, 0.25) is 0 Å². The topological polar surface area (TPSA) is 52.6 Å². The molecule has 0 aromatic carbocycles. The molecular formula is C11H14O4. The first-order valence-electron chi connectivity index (χ1n) is 4.76. The van der Waals surface area contributed by atoms with Crippen LogP contribution in [0, 0.1) is 17.7 Å². The van der Waals surface area contributed by atoms with E-state index in [1.54, 1.807) is 0 Å². The molecule has 0 radical (unpaired) electrons. The third-order valence-electron chi connectivity index (χ3n) is 2.04. The van der Waals surface area contributed by atoms with Gasteiger partial charge in [-0.15, -0.1) is 18.9 Å². The summed E-state index contributed by atoms with van der Waals surface area (Å²) in [6, 6.07) is 0. The zero-order chi connectivity index (χ0) is 12.6. The van der Waals surface area contributed by atoms with E-state index in [0.29, 0.717) is 0 Å². The van der Waals surface area contributed by atoms with Crippen molar-refractivity contribution in [1.29, 1.82) is 0 Å². The number of carbonyl (C=O) groups excluding carboxylic acids is 2. The van der Waals surface area contributed by atoms with Gasteiger partial charge in [0.05, 0.1) is 14.2 Å². The van der Waals surface area contributed by atoms with E-state index in [1.165, 1.54) is 20.3 Å². The normalized spacial score (nSPS) is 10.4. The van der Waals surface area contributed by atoms with Gasteiger partial charge in [-0.2, -0.15) is 0 Å². The van der Waals surface area contributed by atoms with Gasteiger partial charge < -0.3 is 9.47 Å². The van der Waals surface area contributed by atoms with Crippen molar-refractivity contribution in [3.05, 3.63) is 12.7 Å². The van der Waals surface area contributed by atoms with E-state index >= 15 is 0 Å². The van der Waals surface area contributed by atoms with Crippen LogP contribution in [-0.2, 0) is 19.1 Å². The van der Waals surface area contributed by atoms with Crippen LogP contribution >= 0.6 is 0 Å². The highest BCUT2D eigenvalue weighted by molar-refractivity contribution is 6.00. The van der Waals surface area contributed by atoms with Crippen molar-refractivity contribution in [2.24, 2.45) is 5.41 Å². The number of esters is 2. The van der Waals surface area contributed by atoms with E-state index in [0.717, 1.165) is 0 Å². The number of hydrogen-bond donors (Lipinski definition) is 0. The summed E-state index contributed by atoms with van der Waals surface area (Å²) in [5, 5.41) is 0. The second-order valence-electron chi connectivity index (χ2n) is 2.91. The largest absolute Gasteiger partial charge is 0.468 e. The molecular weight excluding hydrogens is 196 g/mol. The molecule has 15 heavy (non-hydrogen) atoms. The molecule has 0 aromatic rings. The number of rotatable bonds is 5. The maximum atomic E-state index is 11.6. The van der Waals surface area contributed by atoms with Crippen LogP contribution in [0.3, 0.4) is 0 Å². The van der Waals surface area contributed by atoms with E-state index in [4.69, 9.17) is 1.37 Å². The highest BCUT2D eigenvalue weighted by Gasteiger charge is 2.46. The number of ether oxygens (including phenoxy) is 2. The third-order valence-corrected chi connectivity index (χ3v) is 2.04. The molecule has 0 heterocycles. The summed E-state index contributed by atoms with van der Waals surface area (Å²) in [5.74, 6) is 0.903. The van der Waals surface area contributed by atoms with Gasteiger partial charge in [-0.05, 0) is 6.42 Å².